The van der Waals surface area contributed by atoms with Crippen LogP contribution in [0.4, 0.5) is 0 Å². The van der Waals surface area contributed by atoms with Crippen molar-refractivity contribution in [2.45, 2.75) is 0 Å². The first-order valence-electron chi connectivity index (χ1n) is 4.89. The summed E-state index contributed by atoms with van der Waals surface area (Å²) in [5, 5.41) is 2.74. The highest BCUT2D eigenvalue weighted by Crippen LogP contribution is 2.31. The molecule has 0 atom stereocenters. The molecule has 1 heterocycles. The third kappa shape index (κ3) is 1.49. The Kier molecular flexibility index (Phi) is 2.34. The zero-order valence-corrected chi connectivity index (χ0v) is 10.6. The van der Waals surface area contributed by atoms with Gasteiger partial charge >= 0.3 is 0 Å². The fraction of sp³-hybridized carbons (Fsp3) is 0. The highest BCUT2D eigenvalue weighted by Gasteiger charge is 2.06. The van der Waals surface area contributed by atoms with Crippen molar-refractivity contribution in [3.8, 4) is 0 Å². The van der Waals surface area contributed by atoms with E-state index < -0.39 is 0 Å². The molecule has 78 valence electrons. The minimum atomic E-state index is 0.766. The predicted molar refractivity (Wildman–Crippen MR) is 72.0 cm³/mol. The van der Waals surface area contributed by atoms with Crippen LogP contribution < -0.4 is 0 Å². The molecule has 0 saturated carbocycles. The summed E-state index contributed by atoms with van der Waals surface area (Å²) in [6, 6.07) is 13.8. The van der Waals surface area contributed by atoms with E-state index in [4.69, 9.17) is 11.6 Å². The summed E-state index contributed by atoms with van der Waals surface area (Å²) in [5.41, 5.74) is 1.86. The monoisotopic (exact) mass is 291 g/mol. The minimum absolute atomic E-state index is 0.766. The summed E-state index contributed by atoms with van der Waals surface area (Å²) in [6.07, 6.45) is 0. The van der Waals surface area contributed by atoms with Crippen molar-refractivity contribution >= 4 is 49.3 Å². The summed E-state index contributed by atoms with van der Waals surface area (Å²) in [7, 11) is 0. The molecule has 0 unspecified atom stereocenters. The number of hydrogen-bond acceptors (Lipinski definition) is 1. The van der Waals surface area contributed by atoms with Gasteiger partial charge in [-0.3, -0.25) is 0 Å². The largest absolute Gasteiger partial charge is 0.248 e. The summed E-state index contributed by atoms with van der Waals surface area (Å²) in [6.45, 7) is 0. The Hall–Kier alpha value is -1.12. The number of pyridine rings is 1. The highest BCUT2D eigenvalue weighted by molar-refractivity contribution is 9.10. The van der Waals surface area contributed by atoms with Gasteiger partial charge in [0.25, 0.3) is 0 Å². The lowest BCUT2D eigenvalue weighted by atomic mass is 10.1. The van der Waals surface area contributed by atoms with Gasteiger partial charge in [-0.25, -0.2) is 4.98 Å². The average Bonchev–Trinajstić information content (AvgIpc) is 2.31. The number of nitrogens with zero attached hydrogens (tertiary/aromatic N) is 1. The van der Waals surface area contributed by atoms with E-state index in [0.29, 0.717) is 0 Å². The molecule has 16 heavy (non-hydrogen) atoms. The van der Waals surface area contributed by atoms with E-state index in [9.17, 15) is 0 Å². The van der Waals surface area contributed by atoms with Crippen molar-refractivity contribution in [2.24, 2.45) is 0 Å². The first-order valence-corrected chi connectivity index (χ1v) is 6.06. The molecule has 0 radical (unpaired) electrons. The van der Waals surface area contributed by atoms with Gasteiger partial charge < -0.3 is 0 Å². The average molecular weight is 293 g/mol. The van der Waals surface area contributed by atoms with E-state index >= 15 is 0 Å². The molecular formula is C13H7BrClN. The van der Waals surface area contributed by atoms with Gasteiger partial charge in [0.1, 0.15) is 0 Å². The second-order valence-electron chi connectivity index (χ2n) is 3.60. The molecule has 3 rings (SSSR count). The van der Waals surface area contributed by atoms with E-state index in [1.165, 1.54) is 0 Å². The molecule has 0 amide bonds. The van der Waals surface area contributed by atoms with Gasteiger partial charge in [-0.05, 0) is 24.3 Å². The molecule has 1 nitrogen and oxygen atoms in total. The van der Waals surface area contributed by atoms with Crippen molar-refractivity contribution < 1.29 is 0 Å². The van der Waals surface area contributed by atoms with Gasteiger partial charge in [0.05, 0.1) is 16.1 Å². The van der Waals surface area contributed by atoms with Crippen molar-refractivity contribution in [3.63, 3.8) is 0 Å². The molecule has 0 bridgehead atoms. The fourth-order valence-electron chi connectivity index (χ4n) is 1.81. The second kappa shape index (κ2) is 3.72. The number of aromatic nitrogens is 1. The Morgan fingerprint density at radius 2 is 1.69 bits per heavy atom. The Morgan fingerprint density at radius 1 is 0.938 bits per heavy atom. The first kappa shape index (κ1) is 10.1. The number of benzene rings is 2. The fourth-order valence-corrected chi connectivity index (χ4v) is 2.49. The van der Waals surface area contributed by atoms with Crippen LogP contribution in [0, 0.1) is 0 Å². The number of rotatable bonds is 0. The molecule has 0 aliphatic heterocycles. The molecule has 0 fully saturated rings. The van der Waals surface area contributed by atoms with Gasteiger partial charge in [0.2, 0.25) is 0 Å². The first-order chi connectivity index (χ1) is 7.75. The standard InChI is InChI=1S/C13H7BrClN/c14-8-5-6-12-10(7-8)13(15)9-3-1-2-4-11(9)16-12/h1-7H. The van der Waals surface area contributed by atoms with E-state index in [1.807, 2.05) is 42.5 Å². The highest BCUT2D eigenvalue weighted by atomic mass is 79.9. The van der Waals surface area contributed by atoms with E-state index in [0.717, 1.165) is 31.3 Å². The summed E-state index contributed by atoms with van der Waals surface area (Å²) < 4.78 is 1.01. The van der Waals surface area contributed by atoms with Crippen LogP contribution in [0.15, 0.2) is 46.9 Å². The molecule has 0 saturated heterocycles. The van der Waals surface area contributed by atoms with Crippen LogP contribution in [-0.4, -0.2) is 4.98 Å². The summed E-state index contributed by atoms with van der Waals surface area (Å²) in [4.78, 5) is 4.57. The molecular weight excluding hydrogens is 286 g/mol. The van der Waals surface area contributed by atoms with Crippen LogP contribution in [0.3, 0.4) is 0 Å². The van der Waals surface area contributed by atoms with E-state index in [1.54, 1.807) is 0 Å². The molecule has 3 heteroatoms. The lowest BCUT2D eigenvalue weighted by Crippen LogP contribution is -1.84. The molecule has 0 spiro atoms. The predicted octanol–water partition coefficient (Wildman–Crippen LogP) is 4.80. The topological polar surface area (TPSA) is 12.9 Å². The maximum atomic E-state index is 6.39. The lowest BCUT2D eigenvalue weighted by Gasteiger charge is -2.05. The zero-order valence-electron chi connectivity index (χ0n) is 8.24. The Labute approximate surface area is 106 Å². The number of halogens is 2. The third-order valence-electron chi connectivity index (χ3n) is 2.58. The van der Waals surface area contributed by atoms with Gasteiger partial charge in [-0.2, -0.15) is 0 Å². The van der Waals surface area contributed by atoms with E-state index in [-0.39, 0.29) is 0 Å². The number of hydrogen-bond donors (Lipinski definition) is 0. The molecule has 2 aromatic carbocycles. The van der Waals surface area contributed by atoms with Gasteiger partial charge in [-0.15, -0.1) is 0 Å². The van der Waals surface area contributed by atoms with Gasteiger partial charge in [0, 0.05) is 15.2 Å². The van der Waals surface area contributed by atoms with Gasteiger partial charge in [0.15, 0.2) is 0 Å². The molecule has 0 aliphatic rings. The maximum absolute atomic E-state index is 6.39. The Morgan fingerprint density at radius 3 is 2.56 bits per heavy atom. The summed E-state index contributed by atoms with van der Waals surface area (Å²) >= 11 is 9.83. The molecule has 1 aromatic heterocycles. The SMILES string of the molecule is Clc1c2ccccc2nc2ccc(Br)cc12. The van der Waals surface area contributed by atoms with Crippen molar-refractivity contribution in [3.05, 3.63) is 52.0 Å². The molecule has 0 aliphatic carbocycles. The normalized spacial score (nSPS) is 11.1. The zero-order chi connectivity index (χ0) is 11.1. The molecule has 0 N–H and O–H groups in total. The quantitative estimate of drug-likeness (QED) is 0.542. The van der Waals surface area contributed by atoms with Crippen LogP contribution in [0.2, 0.25) is 5.02 Å². The smallest absolute Gasteiger partial charge is 0.0725 e. The summed E-state index contributed by atoms with van der Waals surface area (Å²) in [5.74, 6) is 0. The van der Waals surface area contributed by atoms with Gasteiger partial charge in [-0.1, -0.05) is 45.7 Å². The maximum Gasteiger partial charge on any atom is 0.0725 e. The number of fused-ring (bicyclic) bond motifs is 2. The number of para-hydroxylation sites is 1. The molecule has 3 aromatic rings. The van der Waals surface area contributed by atoms with Crippen molar-refractivity contribution in [2.75, 3.05) is 0 Å². The second-order valence-corrected chi connectivity index (χ2v) is 4.90. The van der Waals surface area contributed by atoms with Crippen LogP contribution in [-0.2, 0) is 0 Å². The van der Waals surface area contributed by atoms with Crippen molar-refractivity contribution in [1.82, 2.24) is 4.98 Å². The van der Waals surface area contributed by atoms with E-state index in [2.05, 4.69) is 20.9 Å². The lowest BCUT2D eigenvalue weighted by molar-refractivity contribution is 1.49. The minimum Gasteiger partial charge on any atom is -0.248 e. The van der Waals surface area contributed by atoms with Crippen LogP contribution in [0.1, 0.15) is 0 Å². The third-order valence-corrected chi connectivity index (χ3v) is 3.48. The van der Waals surface area contributed by atoms with Crippen LogP contribution in [0.5, 0.6) is 0 Å². The van der Waals surface area contributed by atoms with Crippen LogP contribution in [0.25, 0.3) is 21.8 Å². The van der Waals surface area contributed by atoms with Crippen LogP contribution >= 0.6 is 27.5 Å². The Bertz CT molecular complexity index is 694. The van der Waals surface area contributed by atoms with Crippen molar-refractivity contribution in [1.29, 1.82) is 0 Å². The Balaban J connectivity index is 2.56.